The average molecular weight is 756 g/mol. The van der Waals surface area contributed by atoms with E-state index in [1.54, 1.807) is 36.4 Å². The van der Waals surface area contributed by atoms with Gasteiger partial charge in [-0.05, 0) is 106 Å². The Kier molecular flexibility index (Phi) is 12.8. The second-order valence-electron chi connectivity index (χ2n) is 13.3. The Balaban J connectivity index is 1.24. The lowest BCUT2D eigenvalue weighted by atomic mass is 10.0. The SMILES string of the molecule is C/C(=C\c1ccc(N(c2ccc(/C=C/c3ccc(/C=C(\C#N)C(=O)O)cc3)cc2)c2ccc(/C=C/c3ccc(/C=C(\C#N)C(=O)O)cc3)cc2)cc1)c1ccccc1. The second kappa shape index (κ2) is 18.9. The maximum Gasteiger partial charge on any atom is 0.346 e. The van der Waals surface area contributed by atoms with E-state index in [1.165, 1.54) is 23.3 Å². The van der Waals surface area contributed by atoms with Crippen LogP contribution in [0.2, 0.25) is 0 Å². The monoisotopic (exact) mass is 755 g/mol. The molecule has 2 N–H and O–H groups in total. The molecule has 6 aromatic carbocycles. The van der Waals surface area contributed by atoms with E-state index in [0.717, 1.165) is 44.9 Å². The van der Waals surface area contributed by atoms with Gasteiger partial charge in [0.1, 0.15) is 23.3 Å². The van der Waals surface area contributed by atoms with Crippen LogP contribution in [-0.2, 0) is 9.59 Å². The van der Waals surface area contributed by atoms with Crippen molar-refractivity contribution in [3.63, 3.8) is 0 Å². The molecule has 0 saturated heterocycles. The van der Waals surface area contributed by atoms with Crippen LogP contribution >= 0.6 is 0 Å². The molecule has 0 saturated carbocycles. The smallest absolute Gasteiger partial charge is 0.346 e. The first-order valence-corrected chi connectivity index (χ1v) is 18.3. The zero-order valence-electron chi connectivity index (χ0n) is 31.5. The van der Waals surface area contributed by atoms with E-state index in [0.29, 0.717) is 11.1 Å². The van der Waals surface area contributed by atoms with Gasteiger partial charge in [0, 0.05) is 17.1 Å². The van der Waals surface area contributed by atoms with Gasteiger partial charge in [-0.15, -0.1) is 0 Å². The van der Waals surface area contributed by atoms with Crippen LogP contribution in [0.25, 0.3) is 48.1 Å². The number of rotatable bonds is 13. The number of carbonyl (C=O) groups is 2. The lowest BCUT2D eigenvalue weighted by molar-refractivity contribution is -0.133. The molecule has 0 aliphatic carbocycles. The summed E-state index contributed by atoms with van der Waals surface area (Å²) in [4.78, 5) is 24.6. The Morgan fingerprint density at radius 1 is 0.448 bits per heavy atom. The molecule has 0 bridgehead atoms. The molecular formula is C51H37N3O4. The van der Waals surface area contributed by atoms with E-state index in [2.05, 4.69) is 103 Å². The third-order valence-electron chi connectivity index (χ3n) is 9.20. The zero-order chi connectivity index (χ0) is 40.9. The Hall–Kier alpha value is -8.26. The van der Waals surface area contributed by atoms with Gasteiger partial charge in [0.2, 0.25) is 0 Å². The quantitative estimate of drug-likeness (QED) is 0.0682. The normalized spacial score (nSPS) is 11.9. The number of nitrogens with zero attached hydrogens (tertiary/aromatic N) is 3. The fourth-order valence-electron chi connectivity index (χ4n) is 6.08. The van der Waals surface area contributed by atoms with Crippen molar-refractivity contribution in [2.75, 3.05) is 4.90 Å². The highest BCUT2D eigenvalue weighted by molar-refractivity contribution is 5.97. The molecule has 0 fully saturated rings. The number of hydrogen-bond acceptors (Lipinski definition) is 5. The highest BCUT2D eigenvalue weighted by Gasteiger charge is 2.13. The van der Waals surface area contributed by atoms with E-state index in [4.69, 9.17) is 20.7 Å². The molecule has 6 aromatic rings. The van der Waals surface area contributed by atoms with Crippen LogP contribution in [0.5, 0.6) is 0 Å². The molecule has 58 heavy (non-hydrogen) atoms. The largest absolute Gasteiger partial charge is 0.477 e. The fraction of sp³-hybridized carbons (Fsp3) is 0.0196. The molecule has 0 radical (unpaired) electrons. The molecule has 0 spiro atoms. The van der Waals surface area contributed by atoms with Gasteiger partial charge in [-0.25, -0.2) is 9.59 Å². The lowest BCUT2D eigenvalue weighted by Crippen LogP contribution is -2.09. The van der Waals surface area contributed by atoms with Gasteiger partial charge >= 0.3 is 11.9 Å². The Morgan fingerprint density at radius 2 is 0.741 bits per heavy atom. The molecule has 0 unspecified atom stereocenters. The predicted molar refractivity (Wildman–Crippen MR) is 234 cm³/mol. The van der Waals surface area contributed by atoms with Crippen LogP contribution in [0.1, 0.15) is 51.4 Å². The van der Waals surface area contributed by atoms with Crippen molar-refractivity contribution in [2.45, 2.75) is 6.92 Å². The van der Waals surface area contributed by atoms with E-state index in [-0.39, 0.29) is 11.1 Å². The molecule has 6 rings (SSSR count). The molecule has 0 aliphatic rings. The van der Waals surface area contributed by atoms with Gasteiger partial charge < -0.3 is 15.1 Å². The molecule has 280 valence electrons. The molecule has 0 atom stereocenters. The van der Waals surface area contributed by atoms with Crippen LogP contribution < -0.4 is 4.90 Å². The highest BCUT2D eigenvalue weighted by atomic mass is 16.4. The maximum atomic E-state index is 11.2. The minimum absolute atomic E-state index is 0.317. The summed E-state index contributed by atoms with van der Waals surface area (Å²) in [6, 6.07) is 53.4. The van der Waals surface area contributed by atoms with Crippen molar-refractivity contribution in [1.82, 2.24) is 0 Å². The van der Waals surface area contributed by atoms with Crippen molar-refractivity contribution < 1.29 is 19.8 Å². The van der Waals surface area contributed by atoms with Crippen LogP contribution in [0.15, 0.2) is 163 Å². The third-order valence-corrected chi connectivity index (χ3v) is 9.20. The summed E-state index contributed by atoms with van der Waals surface area (Å²) in [5, 5.41) is 36.4. The van der Waals surface area contributed by atoms with Gasteiger partial charge in [-0.3, -0.25) is 0 Å². The van der Waals surface area contributed by atoms with Gasteiger partial charge in [-0.2, -0.15) is 10.5 Å². The summed E-state index contributed by atoms with van der Waals surface area (Å²) in [6.07, 6.45) is 12.9. The molecular weight excluding hydrogens is 719 g/mol. The Morgan fingerprint density at radius 3 is 1.07 bits per heavy atom. The number of hydrogen-bond donors (Lipinski definition) is 2. The minimum atomic E-state index is -1.26. The zero-order valence-corrected chi connectivity index (χ0v) is 31.5. The third kappa shape index (κ3) is 10.5. The van der Waals surface area contributed by atoms with E-state index in [9.17, 15) is 9.59 Å². The van der Waals surface area contributed by atoms with Gasteiger partial charge in [0.25, 0.3) is 0 Å². The molecule has 0 amide bonds. The fourth-order valence-corrected chi connectivity index (χ4v) is 6.08. The summed E-state index contributed by atoms with van der Waals surface area (Å²) >= 11 is 0. The average Bonchev–Trinajstić information content (AvgIpc) is 3.25. The minimum Gasteiger partial charge on any atom is -0.477 e. The number of anilines is 3. The molecule has 0 aliphatic heterocycles. The van der Waals surface area contributed by atoms with Crippen LogP contribution in [-0.4, -0.2) is 22.2 Å². The maximum absolute atomic E-state index is 11.2. The predicted octanol–water partition coefficient (Wildman–Crippen LogP) is 12.0. The number of allylic oxidation sites excluding steroid dienone is 1. The Bertz CT molecular complexity index is 2500. The van der Waals surface area contributed by atoms with E-state index in [1.807, 2.05) is 66.8 Å². The highest BCUT2D eigenvalue weighted by Crippen LogP contribution is 2.35. The van der Waals surface area contributed by atoms with Crippen LogP contribution in [0.3, 0.4) is 0 Å². The van der Waals surface area contributed by atoms with Crippen molar-refractivity contribution in [1.29, 1.82) is 10.5 Å². The Labute approximate surface area is 337 Å². The lowest BCUT2D eigenvalue weighted by Gasteiger charge is -2.26. The first-order chi connectivity index (χ1) is 28.2. The topological polar surface area (TPSA) is 125 Å². The first-order valence-electron chi connectivity index (χ1n) is 18.3. The summed E-state index contributed by atoms with van der Waals surface area (Å²) in [5.74, 6) is -2.51. The number of aliphatic carboxylic acids is 2. The van der Waals surface area contributed by atoms with Crippen molar-refractivity contribution >= 4 is 77.1 Å². The van der Waals surface area contributed by atoms with Crippen LogP contribution in [0, 0.1) is 22.7 Å². The van der Waals surface area contributed by atoms with Gasteiger partial charge in [0.05, 0.1) is 0 Å². The van der Waals surface area contributed by atoms with Crippen molar-refractivity contribution in [2.24, 2.45) is 0 Å². The second-order valence-corrected chi connectivity index (χ2v) is 13.3. The standard InChI is InChI=1S/C51H37N3O4/c1-36(44-5-3-2-4-6-44)31-41-23-29-49(30-24-41)54(47-25-19-39(20-26-47)9-7-37-11-15-42(16-12-37)32-45(34-52)50(55)56)48-27-21-40(22-28-48)10-8-38-13-17-43(18-14-38)33-46(35-53)51(57)58/h2-33H,1H3,(H,55,56)(H,57,58)/b9-7+,10-8+,36-31+,45-32+,46-33+. The summed E-state index contributed by atoms with van der Waals surface area (Å²) < 4.78 is 0. The van der Waals surface area contributed by atoms with Crippen molar-refractivity contribution in [3.05, 3.63) is 207 Å². The number of carboxylic acids is 2. The number of benzene rings is 6. The van der Waals surface area contributed by atoms with Crippen molar-refractivity contribution in [3.8, 4) is 12.1 Å². The summed E-state index contributed by atoms with van der Waals surface area (Å²) in [5.41, 5.74) is 10.9. The molecule has 0 aromatic heterocycles. The number of carboxylic acid groups (broad SMARTS) is 2. The first kappa shape index (κ1) is 39.4. The van der Waals surface area contributed by atoms with Gasteiger partial charge in [0.15, 0.2) is 0 Å². The van der Waals surface area contributed by atoms with Crippen LogP contribution in [0.4, 0.5) is 17.1 Å². The molecule has 7 nitrogen and oxygen atoms in total. The summed E-state index contributed by atoms with van der Waals surface area (Å²) in [7, 11) is 0. The molecule has 0 heterocycles. The van der Waals surface area contributed by atoms with E-state index < -0.39 is 11.9 Å². The summed E-state index contributed by atoms with van der Waals surface area (Å²) in [6.45, 7) is 2.11. The number of nitriles is 2. The van der Waals surface area contributed by atoms with E-state index >= 15 is 0 Å². The molecule has 7 heteroatoms. The van der Waals surface area contributed by atoms with Gasteiger partial charge in [-0.1, -0.05) is 146 Å².